The van der Waals surface area contributed by atoms with Crippen molar-refractivity contribution in [3.63, 3.8) is 0 Å². The molecule has 0 saturated carbocycles. The minimum Gasteiger partial charge on any atom is -0.466 e. The van der Waals surface area contributed by atoms with Gasteiger partial charge in [0.1, 0.15) is 0 Å². The summed E-state index contributed by atoms with van der Waals surface area (Å²) in [5.41, 5.74) is -2.47. The zero-order valence-corrected chi connectivity index (χ0v) is 6.72. The van der Waals surface area contributed by atoms with Gasteiger partial charge in [0.05, 0.1) is 7.11 Å². The number of hydrogen-bond donors (Lipinski definition) is 1. The van der Waals surface area contributed by atoms with Gasteiger partial charge < -0.3 is 10.1 Å². The zero-order valence-electron chi connectivity index (χ0n) is 6.72. The molecule has 1 atom stereocenters. The Morgan fingerprint density at radius 3 is 2.92 bits per heavy atom. The van der Waals surface area contributed by atoms with Crippen LogP contribution in [0, 0.1) is 0 Å². The summed E-state index contributed by atoms with van der Waals surface area (Å²) in [5.74, 6) is -2.00. The lowest BCUT2D eigenvalue weighted by Gasteiger charge is -2.25. The Bertz CT molecular complexity index is 209. The van der Waals surface area contributed by atoms with Crippen molar-refractivity contribution in [3.8, 4) is 0 Å². The topological polar surface area (TPSA) is 55.4 Å². The maximum absolute atomic E-state index is 13.5. The third kappa shape index (κ3) is 1.26. The van der Waals surface area contributed by atoms with E-state index in [0.717, 1.165) is 7.11 Å². The summed E-state index contributed by atoms with van der Waals surface area (Å²) in [6.07, 6.45) is 0.364. The van der Waals surface area contributed by atoms with Gasteiger partial charge in [0, 0.05) is 13.0 Å². The number of rotatable bonds is 1. The van der Waals surface area contributed by atoms with Gasteiger partial charge in [-0.2, -0.15) is 0 Å². The van der Waals surface area contributed by atoms with E-state index in [2.05, 4.69) is 10.1 Å². The molecule has 1 saturated heterocycles. The van der Waals surface area contributed by atoms with Crippen molar-refractivity contribution in [2.75, 3.05) is 13.7 Å². The Morgan fingerprint density at radius 2 is 2.42 bits per heavy atom. The summed E-state index contributed by atoms with van der Waals surface area (Å²) in [4.78, 5) is 21.8. The van der Waals surface area contributed by atoms with E-state index in [1.54, 1.807) is 0 Å². The SMILES string of the molecule is COC(=O)[C@]1(F)CCCNC1=O. The molecule has 1 heterocycles. The zero-order chi connectivity index (χ0) is 9.19. The predicted octanol–water partition coefficient (Wildman–Crippen LogP) is -0.222. The number of piperidine rings is 1. The van der Waals surface area contributed by atoms with E-state index in [0.29, 0.717) is 13.0 Å². The average Bonchev–Trinajstić information content (AvgIpc) is 2.09. The van der Waals surface area contributed by atoms with Gasteiger partial charge in [0.15, 0.2) is 0 Å². The average molecular weight is 175 g/mol. The maximum atomic E-state index is 13.5. The number of esters is 1. The number of ether oxygens (including phenoxy) is 1. The highest BCUT2D eigenvalue weighted by molar-refractivity contribution is 6.06. The van der Waals surface area contributed by atoms with Crippen LogP contribution in [0.4, 0.5) is 4.39 Å². The lowest BCUT2D eigenvalue weighted by atomic mass is 9.95. The van der Waals surface area contributed by atoms with Crippen LogP contribution in [0.15, 0.2) is 0 Å². The van der Waals surface area contributed by atoms with E-state index in [1.165, 1.54) is 0 Å². The number of halogens is 1. The highest BCUT2D eigenvalue weighted by Gasteiger charge is 2.49. The molecule has 1 rings (SSSR count). The quantitative estimate of drug-likeness (QED) is 0.442. The van der Waals surface area contributed by atoms with E-state index in [-0.39, 0.29) is 6.42 Å². The number of amides is 1. The van der Waals surface area contributed by atoms with Gasteiger partial charge >= 0.3 is 5.97 Å². The molecular weight excluding hydrogens is 165 g/mol. The van der Waals surface area contributed by atoms with Crippen LogP contribution in [0.5, 0.6) is 0 Å². The molecule has 5 heteroatoms. The number of carbonyl (C=O) groups is 2. The molecule has 0 aromatic rings. The van der Waals surface area contributed by atoms with Gasteiger partial charge in [-0.05, 0) is 6.42 Å². The standard InChI is InChI=1S/C7H10FNO3/c1-12-6(11)7(8)3-2-4-9-5(7)10/h2-4H2,1H3,(H,9,10)/t7-/m0/s1. The molecule has 0 unspecified atom stereocenters. The van der Waals surface area contributed by atoms with Crippen molar-refractivity contribution in [2.45, 2.75) is 18.5 Å². The first-order valence-corrected chi connectivity index (χ1v) is 3.67. The molecule has 1 aliphatic rings. The fourth-order valence-electron chi connectivity index (χ4n) is 1.14. The first-order valence-electron chi connectivity index (χ1n) is 3.67. The fourth-order valence-corrected chi connectivity index (χ4v) is 1.14. The van der Waals surface area contributed by atoms with Gasteiger partial charge in [0.2, 0.25) is 0 Å². The summed E-state index contributed by atoms with van der Waals surface area (Å²) in [6, 6.07) is 0. The molecule has 1 N–H and O–H groups in total. The summed E-state index contributed by atoms with van der Waals surface area (Å²) >= 11 is 0. The van der Waals surface area contributed by atoms with E-state index in [4.69, 9.17) is 0 Å². The van der Waals surface area contributed by atoms with E-state index in [9.17, 15) is 14.0 Å². The minimum atomic E-state index is -2.47. The molecule has 0 radical (unpaired) electrons. The van der Waals surface area contributed by atoms with Gasteiger partial charge in [-0.3, -0.25) is 4.79 Å². The normalized spacial score (nSPS) is 29.3. The number of alkyl halides is 1. The first-order chi connectivity index (χ1) is 5.61. The molecule has 1 amide bonds. The Morgan fingerprint density at radius 1 is 1.75 bits per heavy atom. The van der Waals surface area contributed by atoms with Crippen LogP contribution in [0.3, 0.4) is 0 Å². The summed E-state index contributed by atoms with van der Waals surface area (Å²) in [5, 5.41) is 2.27. The largest absolute Gasteiger partial charge is 0.466 e. The summed E-state index contributed by atoms with van der Waals surface area (Å²) < 4.78 is 17.7. The molecular formula is C7H10FNO3. The van der Waals surface area contributed by atoms with E-state index < -0.39 is 17.5 Å². The highest BCUT2D eigenvalue weighted by Crippen LogP contribution is 2.23. The van der Waals surface area contributed by atoms with Crippen molar-refractivity contribution >= 4 is 11.9 Å². The third-order valence-electron chi connectivity index (χ3n) is 1.85. The van der Waals surface area contributed by atoms with Crippen LogP contribution < -0.4 is 5.32 Å². The molecule has 0 bridgehead atoms. The molecule has 0 aliphatic carbocycles. The minimum absolute atomic E-state index is 0.0918. The molecule has 68 valence electrons. The van der Waals surface area contributed by atoms with Crippen molar-refractivity contribution in [2.24, 2.45) is 0 Å². The molecule has 0 spiro atoms. The fraction of sp³-hybridized carbons (Fsp3) is 0.714. The van der Waals surface area contributed by atoms with Gasteiger partial charge in [-0.15, -0.1) is 0 Å². The van der Waals surface area contributed by atoms with E-state index >= 15 is 0 Å². The first kappa shape index (κ1) is 8.96. The Balaban J connectivity index is 2.79. The maximum Gasteiger partial charge on any atom is 0.353 e. The van der Waals surface area contributed by atoms with E-state index in [1.807, 2.05) is 0 Å². The molecule has 0 aromatic heterocycles. The summed E-state index contributed by atoms with van der Waals surface area (Å²) in [7, 11) is 1.06. The second-order valence-corrected chi connectivity index (χ2v) is 2.65. The lowest BCUT2D eigenvalue weighted by Crippen LogP contribution is -2.53. The van der Waals surface area contributed by atoms with Crippen LogP contribution in [-0.2, 0) is 14.3 Å². The van der Waals surface area contributed by atoms with Crippen LogP contribution >= 0.6 is 0 Å². The van der Waals surface area contributed by atoms with Crippen LogP contribution in [0.25, 0.3) is 0 Å². The Kier molecular flexibility index (Phi) is 2.30. The smallest absolute Gasteiger partial charge is 0.353 e. The number of methoxy groups -OCH3 is 1. The van der Waals surface area contributed by atoms with Crippen LogP contribution in [-0.4, -0.2) is 31.2 Å². The van der Waals surface area contributed by atoms with Gasteiger partial charge in [0.25, 0.3) is 11.6 Å². The lowest BCUT2D eigenvalue weighted by molar-refractivity contribution is -0.163. The number of nitrogens with one attached hydrogen (secondary N) is 1. The third-order valence-corrected chi connectivity index (χ3v) is 1.85. The second kappa shape index (κ2) is 3.08. The molecule has 1 aliphatic heterocycles. The highest BCUT2D eigenvalue weighted by atomic mass is 19.1. The van der Waals surface area contributed by atoms with Crippen molar-refractivity contribution in [1.29, 1.82) is 0 Å². The molecule has 4 nitrogen and oxygen atoms in total. The molecule has 0 aromatic carbocycles. The Labute approximate surface area is 69.1 Å². The van der Waals surface area contributed by atoms with Crippen molar-refractivity contribution < 1.29 is 18.7 Å². The molecule has 12 heavy (non-hydrogen) atoms. The van der Waals surface area contributed by atoms with Gasteiger partial charge in [-0.1, -0.05) is 0 Å². The molecule has 1 fully saturated rings. The second-order valence-electron chi connectivity index (χ2n) is 2.65. The van der Waals surface area contributed by atoms with Crippen LogP contribution in [0.1, 0.15) is 12.8 Å². The van der Waals surface area contributed by atoms with Crippen LogP contribution in [0.2, 0.25) is 0 Å². The Hall–Kier alpha value is -1.13. The van der Waals surface area contributed by atoms with Crippen molar-refractivity contribution in [3.05, 3.63) is 0 Å². The van der Waals surface area contributed by atoms with Gasteiger partial charge in [-0.25, -0.2) is 9.18 Å². The monoisotopic (exact) mass is 175 g/mol. The number of carbonyl (C=O) groups excluding carboxylic acids is 2. The summed E-state index contributed by atoms with van der Waals surface area (Å²) in [6.45, 7) is 0.418. The van der Waals surface area contributed by atoms with Crippen molar-refractivity contribution in [1.82, 2.24) is 5.32 Å². The predicted molar refractivity (Wildman–Crippen MR) is 38.1 cm³/mol. The number of hydrogen-bond acceptors (Lipinski definition) is 3.